The summed E-state index contributed by atoms with van der Waals surface area (Å²) in [7, 11) is 0. The standard InChI is InChI=1S/C25H28N2O5S/c1-6-31-21-12-18(8-10-20(21)32-15(2)3)13-22-24(29)27(25(30)33-22)14-23(28)26-19-9-7-16(4)17(5)11-19/h7-13,15H,6,14H2,1-5H3,(H,26,28). The highest BCUT2D eigenvalue weighted by molar-refractivity contribution is 8.18. The number of hydrogen-bond acceptors (Lipinski definition) is 6. The van der Waals surface area contributed by atoms with Gasteiger partial charge in [-0.15, -0.1) is 0 Å². The Bertz CT molecular complexity index is 1110. The number of nitrogens with one attached hydrogen (secondary N) is 1. The van der Waals surface area contributed by atoms with Gasteiger partial charge in [0.25, 0.3) is 11.1 Å². The lowest BCUT2D eigenvalue weighted by molar-refractivity contribution is -0.127. The molecule has 1 aliphatic heterocycles. The predicted octanol–water partition coefficient (Wildman–Crippen LogP) is 5.16. The molecule has 1 heterocycles. The number of carbonyl (C=O) groups excluding carboxylic acids is 3. The molecule has 0 bridgehead atoms. The van der Waals surface area contributed by atoms with Crippen molar-refractivity contribution in [2.45, 2.75) is 40.7 Å². The zero-order chi connectivity index (χ0) is 24.1. The van der Waals surface area contributed by atoms with Crippen molar-refractivity contribution in [3.63, 3.8) is 0 Å². The van der Waals surface area contributed by atoms with Crippen LogP contribution in [0.15, 0.2) is 41.3 Å². The van der Waals surface area contributed by atoms with E-state index in [9.17, 15) is 14.4 Å². The van der Waals surface area contributed by atoms with Gasteiger partial charge in [-0.2, -0.15) is 0 Å². The summed E-state index contributed by atoms with van der Waals surface area (Å²) >= 11 is 0.810. The van der Waals surface area contributed by atoms with Gasteiger partial charge in [0.1, 0.15) is 6.54 Å². The molecule has 0 aliphatic carbocycles. The molecule has 3 rings (SSSR count). The van der Waals surface area contributed by atoms with Crippen molar-refractivity contribution >= 4 is 40.6 Å². The van der Waals surface area contributed by atoms with Crippen molar-refractivity contribution in [2.75, 3.05) is 18.5 Å². The van der Waals surface area contributed by atoms with Crippen LogP contribution < -0.4 is 14.8 Å². The van der Waals surface area contributed by atoms with Gasteiger partial charge in [0.15, 0.2) is 11.5 Å². The summed E-state index contributed by atoms with van der Waals surface area (Å²) in [5, 5.41) is 2.26. The molecule has 3 amide bonds. The highest BCUT2D eigenvalue weighted by atomic mass is 32.2. The number of nitrogens with zero attached hydrogens (tertiary/aromatic N) is 1. The van der Waals surface area contributed by atoms with Gasteiger partial charge in [-0.05, 0) is 93.4 Å². The average Bonchev–Trinajstić information content (AvgIpc) is 3.00. The second-order valence-corrected chi connectivity index (χ2v) is 8.91. The first-order chi connectivity index (χ1) is 15.7. The highest BCUT2D eigenvalue weighted by Gasteiger charge is 2.36. The number of hydrogen-bond donors (Lipinski definition) is 1. The average molecular weight is 469 g/mol. The van der Waals surface area contributed by atoms with Gasteiger partial charge < -0.3 is 14.8 Å². The maximum absolute atomic E-state index is 12.8. The van der Waals surface area contributed by atoms with Gasteiger partial charge in [-0.25, -0.2) is 0 Å². The summed E-state index contributed by atoms with van der Waals surface area (Å²) in [5.74, 6) is 0.239. The fourth-order valence-corrected chi connectivity index (χ4v) is 4.02. The fraction of sp³-hybridized carbons (Fsp3) is 0.320. The summed E-state index contributed by atoms with van der Waals surface area (Å²) < 4.78 is 11.4. The Morgan fingerprint density at radius 2 is 1.85 bits per heavy atom. The van der Waals surface area contributed by atoms with Gasteiger partial charge in [0, 0.05) is 5.69 Å². The Balaban J connectivity index is 1.73. The minimum Gasteiger partial charge on any atom is -0.490 e. The van der Waals surface area contributed by atoms with Crippen LogP contribution in [0.1, 0.15) is 37.5 Å². The second-order valence-electron chi connectivity index (χ2n) is 7.92. The summed E-state index contributed by atoms with van der Waals surface area (Å²) in [5.41, 5.74) is 3.47. The topological polar surface area (TPSA) is 84.9 Å². The third-order valence-corrected chi connectivity index (χ3v) is 5.80. The number of anilines is 1. The smallest absolute Gasteiger partial charge is 0.294 e. The summed E-state index contributed by atoms with van der Waals surface area (Å²) in [4.78, 5) is 38.9. The maximum atomic E-state index is 12.8. The molecular formula is C25H28N2O5S. The lowest BCUT2D eigenvalue weighted by Crippen LogP contribution is -2.36. The SMILES string of the molecule is CCOc1cc(C=C2SC(=O)N(CC(=O)Nc3ccc(C)c(C)c3)C2=O)ccc1OC(C)C. The molecule has 0 radical (unpaired) electrons. The zero-order valence-corrected chi connectivity index (χ0v) is 20.2. The molecule has 33 heavy (non-hydrogen) atoms. The van der Waals surface area contributed by atoms with Crippen LogP contribution in [0.3, 0.4) is 0 Å². The van der Waals surface area contributed by atoms with Crippen LogP contribution in [0, 0.1) is 13.8 Å². The quantitative estimate of drug-likeness (QED) is 0.539. The van der Waals surface area contributed by atoms with E-state index < -0.39 is 17.1 Å². The maximum Gasteiger partial charge on any atom is 0.294 e. The summed E-state index contributed by atoms with van der Waals surface area (Å²) in [6.45, 7) is 9.77. The lowest BCUT2D eigenvalue weighted by atomic mass is 10.1. The molecule has 0 saturated carbocycles. The molecule has 2 aromatic rings. The van der Waals surface area contributed by atoms with Crippen LogP contribution in [0.2, 0.25) is 0 Å². The number of benzene rings is 2. The molecular weight excluding hydrogens is 440 g/mol. The van der Waals surface area contributed by atoms with E-state index in [1.165, 1.54) is 0 Å². The molecule has 7 nitrogen and oxygen atoms in total. The monoisotopic (exact) mass is 468 g/mol. The zero-order valence-electron chi connectivity index (χ0n) is 19.4. The van der Waals surface area contributed by atoms with E-state index in [0.717, 1.165) is 27.8 Å². The Labute approximate surface area is 198 Å². The van der Waals surface area contributed by atoms with E-state index in [1.807, 2.05) is 46.8 Å². The molecule has 174 valence electrons. The van der Waals surface area contributed by atoms with E-state index >= 15 is 0 Å². The molecule has 0 aromatic heterocycles. The lowest BCUT2D eigenvalue weighted by Gasteiger charge is -2.15. The minimum absolute atomic E-state index is 0.0125. The third-order valence-electron chi connectivity index (χ3n) is 4.89. The van der Waals surface area contributed by atoms with Crippen LogP contribution in [0.5, 0.6) is 11.5 Å². The molecule has 1 aliphatic rings. The van der Waals surface area contributed by atoms with Crippen molar-refractivity contribution < 1.29 is 23.9 Å². The second kappa shape index (κ2) is 10.6. The van der Waals surface area contributed by atoms with E-state index in [0.29, 0.717) is 29.4 Å². The Morgan fingerprint density at radius 1 is 1.09 bits per heavy atom. The number of carbonyl (C=O) groups is 3. The number of imide groups is 1. The molecule has 1 saturated heterocycles. The first-order valence-corrected chi connectivity index (χ1v) is 11.6. The largest absolute Gasteiger partial charge is 0.490 e. The number of aryl methyl sites for hydroxylation is 2. The highest BCUT2D eigenvalue weighted by Crippen LogP contribution is 2.35. The third kappa shape index (κ3) is 6.16. The number of ether oxygens (including phenoxy) is 2. The summed E-state index contributed by atoms with van der Waals surface area (Å²) in [6.07, 6.45) is 1.61. The van der Waals surface area contributed by atoms with Gasteiger partial charge in [-0.1, -0.05) is 12.1 Å². The van der Waals surface area contributed by atoms with Gasteiger partial charge >= 0.3 is 0 Å². The summed E-state index contributed by atoms with van der Waals surface area (Å²) in [6, 6.07) is 10.9. The molecule has 0 spiro atoms. The Kier molecular flexibility index (Phi) is 7.81. The van der Waals surface area contributed by atoms with Crippen molar-refractivity contribution in [1.29, 1.82) is 0 Å². The van der Waals surface area contributed by atoms with Crippen molar-refractivity contribution in [3.05, 3.63) is 58.0 Å². The van der Waals surface area contributed by atoms with Gasteiger partial charge in [0.2, 0.25) is 5.91 Å². The minimum atomic E-state index is -0.499. The van der Waals surface area contributed by atoms with E-state index in [4.69, 9.17) is 9.47 Å². The van der Waals surface area contributed by atoms with Crippen molar-refractivity contribution in [1.82, 2.24) is 4.90 Å². The van der Waals surface area contributed by atoms with Crippen LogP contribution in [-0.2, 0) is 9.59 Å². The van der Waals surface area contributed by atoms with Crippen molar-refractivity contribution in [2.24, 2.45) is 0 Å². The molecule has 0 atom stereocenters. The van der Waals surface area contributed by atoms with Crippen LogP contribution in [-0.4, -0.2) is 41.2 Å². The number of rotatable bonds is 8. The number of amides is 3. The van der Waals surface area contributed by atoms with Gasteiger partial charge in [-0.3, -0.25) is 19.3 Å². The fourth-order valence-electron chi connectivity index (χ4n) is 3.19. The first-order valence-electron chi connectivity index (χ1n) is 10.7. The Hall–Kier alpha value is -3.26. The van der Waals surface area contributed by atoms with Crippen LogP contribution in [0.4, 0.5) is 10.5 Å². The van der Waals surface area contributed by atoms with E-state index in [-0.39, 0.29) is 17.6 Å². The molecule has 0 unspecified atom stereocenters. The normalized spacial score (nSPS) is 14.8. The molecule has 8 heteroatoms. The molecule has 2 aromatic carbocycles. The van der Waals surface area contributed by atoms with E-state index in [2.05, 4.69) is 5.32 Å². The molecule has 1 N–H and O–H groups in total. The molecule has 1 fully saturated rings. The first kappa shape index (κ1) is 24.4. The van der Waals surface area contributed by atoms with Gasteiger partial charge in [0.05, 0.1) is 17.6 Å². The van der Waals surface area contributed by atoms with E-state index in [1.54, 1.807) is 30.3 Å². The Morgan fingerprint density at radius 3 is 2.52 bits per heavy atom. The van der Waals surface area contributed by atoms with Crippen LogP contribution >= 0.6 is 11.8 Å². The number of thioether (sulfide) groups is 1. The van der Waals surface area contributed by atoms with Crippen molar-refractivity contribution in [3.8, 4) is 11.5 Å². The van der Waals surface area contributed by atoms with Crippen LogP contribution in [0.25, 0.3) is 6.08 Å². The predicted molar refractivity (Wildman–Crippen MR) is 131 cm³/mol.